The van der Waals surface area contributed by atoms with Crippen LogP contribution in [0.4, 0.5) is 5.82 Å². The second-order valence-corrected chi connectivity index (χ2v) is 1.86. The van der Waals surface area contributed by atoms with Gasteiger partial charge in [-0.3, -0.25) is 0 Å². The van der Waals surface area contributed by atoms with Crippen molar-refractivity contribution in [2.24, 2.45) is 5.73 Å². The standard InChI is InChI=1S/C7H10N3/c8-4-6-10-7-3-1-2-5-9-7/h2-3,5H,4,6,8H2,(H,9,10). The van der Waals surface area contributed by atoms with Crippen LogP contribution in [0.25, 0.3) is 0 Å². The Balaban J connectivity index is 2.43. The van der Waals surface area contributed by atoms with Gasteiger partial charge in [0.2, 0.25) is 0 Å². The lowest BCUT2D eigenvalue weighted by atomic mass is 10.4. The summed E-state index contributed by atoms with van der Waals surface area (Å²) in [6, 6.07) is 6.45. The van der Waals surface area contributed by atoms with Gasteiger partial charge in [0.05, 0.1) is 0 Å². The van der Waals surface area contributed by atoms with E-state index in [2.05, 4.69) is 16.4 Å². The van der Waals surface area contributed by atoms with E-state index in [4.69, 9.17) is 5.73 Å². The minimum absolute atomic E-state index is 0.622. The number of aromatic nitrogens is 1. The van der Waals surface area contributed by atoms with Crippen LogP contribution in [0.2, 0.25) is 0 Å². The van der Waals surface area contributed by atoms with Gasteiger partial charge in [-0.25, -0.2) is 4.98 Å². The van der Waals surface area contributed by atoms with Crippen molar-refractivity contribution in [1.29, 1.82) is 0 Å². The fourth-order valence-electron chi connectivity index (χ4n) is 0.622. The van der Waals surface area contributed by atoms with Crippen molar-refractivity contribution in [2.75, 3.05) is 18.4 Å². The molecule has 0 spiro atoms. The molecule has 0 saturated heterocycles. The van der Waals surface area contributed by atoms with Crippen LogP contribution in [-0.4, -0.2) is 18.1 Å². The average Bonchev–Trinajstić information content (AvgIpc) is 2.03. The zero-order valence-corrected chi connectivity index (χ0v) is 5.67. The molecule has 3 N–H and O–H groups in total. The number of hydrogen-bond acceptors (Lipinski definition) is 3. The number of nitrogens with one attached hydrogen (secondary N) is 1. The lowest BCUT2D eigenvalue weighted by molar-refractivity contribution is 1.01. The smallest absolute Gasteiger partial charge is 0.126 e. The third kappa shape index (κ3) is 2.03. The highest BCUT2D eigenvalue weighted by Crippen LogP contribution is 1.96. The fourth-order valence-corrected chi connectivity index (χ4v) is 0.622. The Kier molecular flexibility index (Phi) is 2.70. The summed E-state index contributed by atoms with van der Waals surface area (Å²) in [6.45, 7) is 1.38. The van der Waals surface area contributed by atoms with Crippen LogP contribution in [0.1, 0.15) is 0 Å². The third-order valence-electron chi connectivity index (χ3n) is 1.05. The Hall–Kier alpha value is -1.09. The zero-order chi connectivity index (χ0) is 7.23. The lowest BCUT2D eigenvalue weighted by Crippen LogP contribution is -2.13. The molecule has 0 bridgehead atoms. The van der Waals surface area contributed by atoms with Gasteiger partial charge in [-0.05, 0) is 18.2 Å². The van der Waals surface area contributed by atoms with Crippen LogP contribution in [0.5, 0.6) is 0 Å². The molecule has 0 aromatic carbocycles. The van der Waals surface area contributed by atoms with Crippen molar-refractivity contribution < 1.29 is 0 Å². The Bertz CT molecular complexity index is 173. The number of pyridine rings is 1. The number of nitrogens with zero attached hydrogens (tertiary/aromatic N) is 1. The summed E-state index contributed by atoms with van der Waals surface area (Å²) in [5.74, 6) is 0.827. The van der Waals surface area contributed by atoms with Gasteiger partial charge in [0, 0.05) is 19.3 Å². The van der Waals surface area contributed by atoms with Gasteiger partial charge in [-0.1, -0.05) is 0 Å². The van der Waals surface area contributed by atoms with E-state index in [1.165, 1.54) is 0 Å². The molecule has 1 aromatic heterocycles. The molecule has 0 unspecified atom stereocenters. The van der Waals surface area contributed by atoms with Crippen LogP contribution in [0.3, 0.4) is 0 Å². The van der Waals surface area contributed by atoms with Gasteiger partial charge in [0.25, 0.3) is 0 Å². The van der Waals surface area contributed by atoms with Crippen LogP contribution in [0, 0.1) is 6.07 Å². The van der Waals surface area contributed by atoms with Crippen molar-refractivity contribution in [1.82, 2.24) is 4.98 Å². The molecule has 53 valence electrons. The van der Waals surface area contributed by atoms with Crippen LogP contribution in [0.15, 0.2) is 18.3 Å². The highest BCUT2D eigenvalue weighted by molar-refractivity contribution is 5.32. The monoisotopic (exact) mass is 136 g/mol. The highest BCUT2D eigenvalue weighted by atomic mass is 15.0. The molecule has 3 heteroatoms. The Morgan fingerprint density at radius 2 is 2.60 bits per heavy atom. The minimum atomic E-state index is 0.622. The van der Waals surface area contributed by atoms with Crippen LogP contribution < -0.4 is 11.1 Å². The molecule has 1 aromatic rings. The number of anilines is 1. The maximum Gasteiger partial charge on any atom is 0.126 e. The number of rotatable bonds is 3. The second kappa shape index (κ2) is 3.85. The van der Waals surface area contributed by atoms with E-state index in [1.54, 1.807) is 18.3 Å². The molecule has 1 radical (unpaired) electrons. The quantitative estimate of drug-likeness (QED) is 0.626. The van der Waals surface area contributed by atoms with Crippen molar-refractivity contribution in [3.05, 3.63) is 24.4 Å². The first-order valence-corrected chi connectivity index (χ1v) is 3.19. The molecule has 10 heavy (non-hydrogen) atoms. The maximum absolute atomic E-state index is 5.28. The first-order valence-electron chi connectivity index (χ1n) is 3.19. The first-order chi connectivity index (χ1) is 4.93. The van der Waals surface area contributed by atoms with E-state index in [1.807, 2.05) is 0 Å². The van der Waals surface area contributed by atoms with Crippen molar-refractivity contribution >= 4 is 5.82 Å². The Morgan fingerprint density at radius 1 is 1.70 bits per heavy atom. The zero-order valence-electron chi connectivity index (χ0n) is 5.67. The molecule has 0 aliphatic carbocycles. The molecular weight excluding hydrogens is 126 g/mol. The highest BCUT2D eigenvalue weighted by Gasteiger charge is 1.86. The summed E-state index contributed by atoms with van der Waals surface area (Å²) in [4.78, 5) is 4.02. The van der Waals surface area contributed by atoms with Gasteiger partial charge in [0.15, 0.2) is 0 Å². The molecule has 0 amide bonds. The van der Waals surface area contributed by atoms with Gasteiger partial charge in [-0.15, -0.1) is 0 Å². The third-order valence-corrected chi connectivity index (χ3v) is 1.05. The second-order valence-electron chi connectivity index (χ2n) is 1.86. The van der Waals surface area contributed by atoms with Gasteiger partial charge in [0.1, 0.15) is 5.82 Å². The van der Waals surface area contributed by atoms with E-state index >= 15 is 0 Å². The van der Waals surface area contributed by atoms with Crippen LogP contribution >= 0.6 is 0 Å². The van der Waals surface area contributed by atoms with Crippen molar-refractivity contribution in [3.8, 4) is 0 Å². The molecule has 0 fully saturated rings. The fraction of sp³-hybridized carbons (Fsp3) is 0.286. The summed E-state index contributed by atoms with van der Waals surface area (Å²) in [5, 5.41) is 3.03. The molecule has 1 rings (SSSR count). The largest absolute Gasteiger partial charge is 0.369 e. The van der Waals surface area contributed by atoms with Gasteiger partial charge < -0.3 is 11.1 Å². The van der Waals surface area contributed by atoms with Gasteiger partial charge >= 0.3 is 0 Å². The summed E-state index contributed by atoms with van der Waals surface area (Å²) < 4.78 is 0. The number of nitrogens with two attached hydrogens (primary N) is 1. The van der Waals surface area contributed by atoms with E-state index in [9.17, 15) is 0 Å². The summed E-state index contributed by atoms with van der Waals surface area (Å²) in [7, 11) is 0. The van der Waals surface area contributed by atoms with E-state index in [-0.39, 0.29) is 0 Å². The molecule has 1 heterocycles. The molecule has 0 aliphatic rings. The van der Waals surface area contributed by atoms with E-state index in [0.29, 0.717) is 6.54 Å². The summed E-state index contributed by atoms with van der Waals surface area (Å²) >= 11 is 0. The maximum atomic E-state index is 5.28. The molecule has 3 nitrogen and oxygen atoms in total. The van der Waals surface area contributed by atoms with E-state index in [0.717, 1.165) is 12.4 Å². The van der Waals surface area contributed by atoms with Crippen molar-refractivity contribution in [2.45, 2.75) is 0 Å². The average molecular weight is 136 g/mol. The normalized spacial score (nSPS) is 9.30. The molecule has 0 aliphatic heterocycles. The lowest BCUT2D eigenvalue weighted by Gasteiger charge is -2.00. The van der Waals surface area contributed by atoms with Crippen LogP contribution in [-0.2, 0) is 0 Å². The Labute approximate surface area is 60.3 Å². The molecule has 0 atom stereocenters. The summed E-state index contributed by atoms with van der Waals surface area (Å²) in [6.07, 6.45) is 1.69. The number of hydrogen-bond donors (Lipinski definition) is 2. The molecule has 0 saturated carbocycles. The SMILES string of the molecule is NCCNc1c[c]ccn1. The van der Waals surface area contributed by atoms with E-state index < -0.39 is 0 Å². The predicted molar refractivity (Wildman–Crippen MR) is 40.6 cm³/mol. The van der Waals surface area contributed by atoms with Crippen molar-refractivity contribution in [3.63, 3.8) is 0 Å². The minimum Gasteiger partial charge on any atom is -0.369 e. The first kappa shape index (κ1) is 7.02. The Morgan fingerprint density at radius 3 is 3.20 bits per heavy atom. The summed E-state index contributed by atoms with van der Waals surface area (Å²) in [5.41, 5.74) is 5.28. The molecular formula is C7H10N3. The predicted octanol–water partition coefficient (Wildman–Crippen LogP) is 0.252. The van der Waals surface area contributed by atoms with Gasteiger partial charge in [-0.2, -0.15) is 0 Å². The topological polar surface area (TPSA) is 50.9 Å².